The fourth-order valence-corrected chi connectivity index (χ4v) is 2.05. The lowest BCUT2D eigenvalue weighted by molar-refractivity contribution is 0.333. The largest absolute Gasteiger partial charge is 0.375 e. The summed E-state index contributed by atoms with van der Waals surface area (Å²) in [6.07, 6.45) is 3.69. The molecule has 0 aromatic heterocycles. The van der Waals surface area contributed by atoms with Gasteiger partial charge >= 0.3 is 0 Å². The summed E-state index contributed by atoms with van der Waals surface area (Å²) >= 11 is 0. The predicted molar refractivity (Wildman–Crippen MR) is 81.1 cm³/mol. The second kappa shape index (κ2) is 6.79. The van der Waals surface area contributed by atoms with E-state index in [0.29, 0.717) is 5.41 Å². The first-order valence-corrected chi connectivity index (χ1v) is 6.92. The molecule has 0 amide bonds. The van der Waals surface area contributed by atoms with Crippen LogP contribution in [-0.2, 0) is 0 Å². The minimum absolute atomic E-state index is 0.294. The average Bonchev–Trinajstić information content (AvgIpc) is 2.34. The molecule has 0 aliphatic rings. The standard InChI is InChI=1S/C16H28N2/c1-14-8-7-9-15(12-14)18(4)11-6-5-10-16(2,3)13-17/h7-9,12H,5-6,10-11,13,17H2,1-4H3. The maximum Gasteiger partial charge on any atom is 0.0366 e. The lowest BCUT2D eigenvalue weighted by Crippen LogP contribution is -2.24. The van der Waals surface area contributed by atoms with Gasteiger partial charge in [0.15, 0.2) is 0 Å². The van der Waals surface area contributed by atoms with Crippen LogP contribution in [0.5, 0.6) is 0 Å². The summed E-state index contributed by atoms with van der Waals surface area (Å²) < 4.78 is 0. The Morgan fingerprint density at radius 3 is 2.56 bits per heavy atom. The highest BCUT2D eigenvalue weighted by Crippen LogP contribution is 2.22. The van der Waals surface area contributed by atoms with E-state index in [0.717, 1.165) is 13.1 Å². The van der Waals surface area contributed by atoms with Gasteiger partial charge in [-0.3, -0.25) is 0 Å². The van der Waals surface area contributed by atoms with E-state index < -0.39 is 0 Å². The van der Waals surface area contributed by atoms with Gasteiger partial charge in [0.1, 0.15) is 0 Å². The van der Waals surface area contributed by atoms with Gasteiger partial charge in [0.25, 0.3) is 0 Å². The number of hydrogen-bond acceptors (Lipinski definition) is 2. The quantitative estimate of drug-likeness (QED) is 0.747. The summed E-state index contributed by atoms with van der Waals surface area (Å²) in [7, 11) is 2.17. The summed E-state index contributed by atoms with van der Waals surface area (Å²) in [5.74, 6) is 0. The molecule has 102 valence electrons. The van der Waals surface area contributed by atoms with Crippen molar-refractivity contribution in [2.45, 2.75) is 40.0 Å². The number of nitrogens with two attached hydrogens (primary N) is 1. The van der Waals surface area contributed by atoms with Crippen molar-refractivity contribution in [3.63, 3.8) is 0 Å². The van der Waals surface area contributed by atoms with Crippen LogP contribution < -0.4 is 10.6 Å². The molecule has 0 heterocycles. The normalized spacial score (nSPS) is 11.6. The minimum atomic E-state index is 0.294. The lowest BCUT2D eigenvalue weighted by Gasteiger charge is -2.24. The molecule has 2 N–H and O–H groups in total. The zero-order valence-corrected chi connectivity index (χ0v) is 12.4. The van der Waals surface area contributed by atoms with Crippen LogP contribution in [-0.4, -0.2) is 20.1 Å². The van der Waals surface area contributed by atoms with Gasteiger partial charge in [-0.25, -0.2) is 0 Å². The second-order valence-electron chi connectivity index (χ2n) is 6.09. The van der Waals surface area contributed by atoms with Crippen LogP contribution in [0.15, 0.2) is 24.3 Å². The molecule has 0 unspecified atom stereocenters. The lowest BCUT2D eigenvalue weighted by atomic mass is 9.87. The van der Waals surface area contributed by atoms with Crippen LogP contribution in [0, 0.1) is 12.3 Å². The number of benzene rings is 1. The number of unbranched alkanes of at least 4 members (excludes halogenated alkanes) is 1. The van der Waals surface area contributed by atoms with Gasteiger partial charge in [-0.15, -0.1) is 0 Å². The molecule has 0 saturated carbocycles. The van der Waals surface area contributed by atoms with Crippen LogP contribution in [0.2, 0.25) is 0 Å². The molecule has 0 aliphatic carbocycles. The zero-order valence-electron chi connectivity index (χ0n) is 12.4. The monoisotopic (exact) mass is 248 g/mol. The maximum atomic E-state index is 5.75. The third kappa shape index (κ3) is 5.09. The number of hydrogen-bond donors (Lipinski definition) is 1. The van der Waals surface area contributed by atoms with Crippen LogP contribution in [0.3, 0.4) is 0 Å². The summed E-state index contributed by atoms with van der Waals surface area (Å²) in [5.41, 5.74) is 8.68. The maximum absolute atomic E-state index is 5.75. The minimum Gasteiger partial charge on any atom is -0.375 e. The van der Waals surface area contributed by atoms with Gasteiger partial charge in [0.05, 0.1) is 0 Å². The number of aryl methyl sites for hydroxylation is 1. The predicted octanol–water partition coefficient (Wildman–Crippen LogP) is 3.59. The van der Waals surface area contributed by atoms with Crippen molar-refractivity contribution >= 4 is 5.69 Å². The number of nitrogens with zero attached hydrogens (tertiary/aromatic N) is 1. The van der Waals surface area contributed by atoms with Gasteiger partial charge in [-0.2, -0.15) is 0 Å². The fraction of sp³-hybridized carbons (Fsp3) is 0.625. The third-order valence-electron chi connectivity index (χ3n) is 3.59. The van der Waals surface area contributed by atoms with Crippen LogP contribution >= 0.6 is 0 Å². The average molecular weight is 248 g/mol. The van der Waals surface area contributed by atoms with E-state index in [1.165, 1.54) is 30.5 Å². The Hall–Kier alpha value is -1.02. The fourth-order valence-electron chi connectivity index (χ4n) is 2.05. The summed E-state index contributed by atoms with van der Waals surface area (Å²) in [4.78, 5) is 2.34. The summed E-state index contributed by atoms with van der Waals surface area (Å²) in [6.45, 7) is 8.53. The Kier molecular flexibility index (Phi) is 5.67. The van der Waals surface area contributed by atoms with Gasteiger partial charge in [0, 0.05) is 19.3 Å². The molecule has 0 saturated heterocycles. The van der Waals surface area contributed by atoms with E-state index in [4.69, 9.17) is 5.73 Å². The Morgan fingerprint density at radius 2 is 1.94 bits per heavy atom. The molecule has 0 spiro atoms. The summed E-state index contributed by atoms with van der Waals surface area (Å²) in [6, 6.07) is 8.68. The smallest absolute Gasteiger partial charge is 0.0366 e. The van der Waals surface area contributed by atoms with Gasteiger partial charge < -0.3 is 10.6 Å². The molecule has 0 atom stereocenters. The first kappa shape index (κ1) is 15.0. The Balaban J connectivity index is 2.32. The molecule has 0 fully saturated rings. The van der Waals surface area contributed by atoms with Crippen LogP contribution in [0.4, 0.5) is 5.69 Å². The van der Waals surface area contributed by atoms with Gasteiger partial charge in [0.2, 0.25) is 0 Å². The molecule has 0 radical (unpaired) electrons. The molecule has 1 aromatic carbocycles. The highest BCUT2D eigenvalue weighted by atomic mass is 15.1. The highest BCUT2D eigenvalue weighted by Gasteiger charge is 2.14. The summed E-state index contributed by atoms with van der Waals surface area (Å²) in [5, 5.41) is 0. The molecule has 2 nitrogen and oxygen atoms in total. The van der Waals surface area contributed by atoms with E-state index in [1.54, 1.807) is 0 Å². The van der Waals surface area contributed by atoms with Gasteiger partial charge in [-0.05, 0) is 49.4 Å². The van der Waals surface area contributed by atoms with Crippen molar-refractivity contribution in [3.8, 4) is 0 Å². The van der Waals surface area contributed by atoms with E-state index in [1.807, 2.05) is 0 Å². The number of rotatable bonds is 7. The third-order valence-corrected chi connectivity index (χ3v) is 3.59. The van der Waals surface area contributed by atoms with Gasteiger partial charge in [-0.1, -0.05) is 32.4 Å². The highest BCUT2D eigenvalue weighted by molar-refractivity contribution is 5.47. The molecule has 1 rings (SSSR count). The van der Waals surface area contributed by atoms with Crippen LogP contribution in [0.1, 0.15) is 38.7 Å². The van der Waals surface area contributed by atoms with Crippen LogP contribution in [0.25, 0.3) is 0 Å². The Morgan fingerprint density at radius 1 is 1.22 bits per heavy atom. The van der Waals surface area contributed by atoms with Crippen molar-refractivity contribution in [1.29, 1.82) is 0 Å². The molecule has 0 bridgehead atoms. The first-order valence-electron chi connectivity index (χ1n) is 6.92. The van der Waals surface area contributed by atoms with E-state index in [2.05, 4.69) is 57.0 Å². The van der Waals surface area contributed by atoms with E-state index >= 15 is 0 Å². The molecule has 2 heteroatoms. The molecular weight excluding hydrogens is 220 g/mol. The van der Waals surface area contributed by atoms with Crippen molar-refractivity contribution in [2.75, 3.05) is 25.0 Å². The molecule has 18 heavy (non-hydrogen) atoms. The molecule has 1 aromatic rings. The first-order chi connectivity index (χ1) is 8.44. The molecular formula is C16H28N2. The van der Waals surface area contributed by atoms with Crippen molar-refractivity contribution in [1.82, 2.24) is 0 Å². The van der Waals surface area contributed by atoms with Crippen molar-refractivity contribution < 1.29 is 0 Å². The topological polar surface area (TPSA) is 29.3 Å². The number of anilines is 1. The van der Waals surface area contributed by atoms with Crippen molar-refractivity contribution in [2.24, 2.45) is 11.1 Å². The molecule has 0 aliphatic heterocycles. The Bertz CT molecular complexity index is 358. The SMILES string of the molecule is Cc1cccc(N(C)CCCCC(C)(C)CN)c1. The van der Waals surface area contributed by atoms with Crippen molar-refractivity contribution in [3.05, 3.63) is 29.8 Å². The Labute approximate surface area is 112 Å². The van der Waals surface area contributed by atoms with E-state index in [9.17, 15) is 0 Å². The second-order valence-corrected chi connectivity index (χ2v) is 6.09. The zero-order chi connectivity index (χ0) is 13.6. The van der Waals surface area contributed by atoms with E-state index in [-0.39, 0.29) is 0 Å².